The molecule has 5 unspecified atom stereocenters. The number of nitrogens with two attached hydrogens (primary N) is 1. The van der Waals surface area contributed by atoms with Crippen molar-refractivity contribution in [3.63, 3.8) is 0 Å². The van der Waals surface area contributed by atoms with Gasteiger partial charge in [0, 0.05) is 12.0 Å². The molecule has 18 heavy (non-hydrogen) atoms. The molecule has 0 aromatic heterocycles. The first kappa shape index (κ1) is 13.4. The van der Waals surface area contributed by atoms with Gasteiger partial charge in [0.2, 0.25) is 0 Å². The van der Waals surface area contributed by atoms with Crippen LogP contribution in [0.5, 0.6) is 5.75 Å². The van der Waals surface area contributed by atoms with Crippen molar-refractivity contribution in [3.8, 4) is 5.75 Å². The van der Waals surface area contributed by atoms with Crippen molar-refractivity contribution >= 4 is 0 Å². The van der Waals surface area contributed by atoms with Gasteiger partial charge < -0.3 is 15.2 Å². The second kappa shape index (κ2) is 5.29. The predicted molar refractivity (Wildman–Crippen MR) is 72.6 cm³/mol. The van der Waals surface area contributed by atoms with Crippen LogP contribution in [-0.4, -0.2) is 19.3 Å². The first-order valence-electron chi connectivity index (χ1n) is 6.59. The average Bonchev–Trinajstić information content (AvgIpc) is 2.62. The summed E-state index contributed by atoms with van der Waals surface area (Å²) in [6.07, 6.45) is 0.484. The molecule has 5 atom stereocenters. The molecule has 1 aromatic carbocycles. The first-order chi connectivity index (χ1) is 8.54. The van der Waals surface area contributed by atoms with E-state index in [9.17, 15) is 0 Å². The van der Waals surface area contributed by atoms with Gasteiger partial charge in [-0.1, -0.05) is 19.1 Å². The maximum atomic E-state index is 6.43. The van der Waals surface area contributed by atoms with E-state index < -0.39 is 0 Å². The number of methoxy groups -OCH3 is 1. The lowest BCUT2D eigenvalue weighted by Crippen LogP contribution is -2.30. The molecule has 1 heterocycles. The quantitative estimate of drug-likeness (QED) is 0.896. The molecule has 1 fully saturated rings. The SMILES string of the molecule is COc1cccc(C(N)C2C(C)OC(C)C2C)c1. The third-order valence-electron chi connectivity index (χ3n) is 4.21. The van der Waals surface area contributed by atoms with Gasteiger partial charge in [0.1, 0.15) is 5.75 Å². The van der Waals surface area contributed by atoms with Crippen molar-refractivity contribution in [2.75, 3.05) is 7.11 Å². The van der Waals surface area contributed by atoms with Crippen LogP contribution in [0.25, 0.3) is 0 Å². The van der Waals surface area contributed by atoms with E-state index in [2.05, 4.69) is 26.8 Å². The van der Waals surface area contributed by atoms with Gasteiger partial charge in [-0.3, -0.25) is 0 Å². The van der Waals surface area contributed by atoms with Crippen molar-refractivity contribution in [2.45, 2.75) is 39.0 Å². The number of ether oxygens (including phenoxy) is 2. The molecule has 100 valence electrons. The minimum absolute atomic E-state index is 0.00458. The van der Waals surface area contributed by atoms with Crippen molar-refractivity contribution in [3.05, 3.63) is 29.8 Å². The molecule has 0 bridgehead atoms. The molecule has 1 aromatic rings. The fraction of sp³-hybridized carbons (Fsp3) is 0.600. The number of benzene rings is 1. The Kier molecular flexibility index (Phi) is 3.93. The summed E-state index contributed by atoms with van der Waals surface area (Å²) >= 11 is 0. The Balaban J connectivity index is 2.22. The Bertz CT molecular complexity index is 407. The normalized spacial score (nSPS) is 33.4. The zero-order chi connectivity index (χ0) is 13.3. The van der Waals surface area contributed by atoms with Crippen LogP contribution < -0.4 is 10.5 Å². The summed E-state index contributed by atoms with van der Waals surface area (Å²) in [5.41, 5.74) is 7.55. The molecular formula is C15H23NO2. The van der Waals surface area contributed by atoms with E-state index >= 15 is 0 Å². The van der Waals surface area contributed by atoms with Gasteiger partial charge in [-0.05, 0) is 37.5 Å². The molecule has 3 nitrogen and oxygen atoms in total. The van der Waals surface area contributed by atoms with E-state index in [0.29, 0.717) is 11.8 Å². The Morgan fingerprint density at radius 3 is 2.50 bits per heavy atom. The lowest BCUT2D eigenvalue weighted by molar-refractivity contribution is 0.0489. The van der Waals surface area contributed by atoms with Crippen LogP contribution in [0, 0.1) is 11.8 Å². The molecule has 1 saturated heterocycles. The van der Waals surface area contributed by atoms with Crippen molar-refractivity contribution in [2.24, 2.45) is 17.6 Å². The number of hydrogen-bond acceptors (Lipinski definition) is 3. The van der Waals surface area contributed by atoms with Crippen molar-refractivity contribution in [1.29, 1.82) is 0 Å². The van der Waals surface area contributed by atoms with E-state index in [1.807, 2.05) is 18.2 Å². The van der Waals surface area contributed by atoms with E-state index in [4.69, 9.17) is 15.2 Å². The van der Waals surface area contributed by atoms with Gasteiger partial charge in [-0.25, -0.2) is 0 Å². The summed E-state index contributed by atoms with van der Waals surface area (Å²) in [5.74, 6) is 1.68. The van der Waals surface area contributed by atoms with E-state index in [0.717, 1.165) is 11.3 Å². The lowest BCUT2D eigenvalue weighted by atomic mass is 9.81. The summed E-state index contributed by atoms with van der Waals surface area (Å²) in [5, 5.41) is 0. The third-order valence-corrected chi connectivity index (χ3v) is 4.21. The minimum atomic E-state index is -0.00458. The molecule has 1 aliphatic rings. The fourth-order valence-corrected chi connectivity index (χ4v) is 2.98. The smallest absolute Gasteiger partial charge is 0.119 e. The van der Waals surface area contributed by atoms with Crippen LogP contribution >= 0.6 is 0 Å². The molecule has 0 amide bonds. The summed E-state index contributed by atoms with van der Waals surface area (Å²) in [6, 6.07) is 8.01. The average molecular weight is 249 g/mol. The van der Waals surface area contributed by atoms with E-state index in [1.54, 1.807) is 7.11 Å². The first-order valence-corrected chi connectivity index (χ1v) is 6.59. The monoisotopic (exact) mass is 249 g/mol. The van der Waals surface area contributed by atoms with Crippen LogP contribution in [0.4, 0.5) is 0 Å². The molecule has 0 aliphatic carbocycles. The van der Waals surface area contributed by atoms with Gasteiger partial charge in [-0.15, -0.1) is 0 Å². The summed E-state index contributed by atoms with van der Waals surface area (Å²) < 4.78 is 11.1. The second-order valence-corrected chi connectivity index (χ2v) is 5.29. The standard InChI is InChI=1S/C15H23NO2/c1-9-10(2)18-11(3)14(9)15(16)12-6-5-7-13(8-12)17-4/h5-11,14-15H,16H2,1-4H3. The summed E-state index contributed by atoms with van der Waals surface area (Å²) in [4.78, 5) is 0. The highest BCUT2D eigenvalue weighted by atomic mass is 16.5. The van der Waals surface area contributed by atoms with Crippen LogP contribution in [0.15, 0.2) is 24.3 Å². The Morgan fingerprint density at radius 1 is 1.22 bits per heavy atom. The molecule has 1 aliphatic heterocycles. The molecule has 0 radical (unpaired) electrons. The van der Waals surface area contributed by atoms with Gasteiger partial charge >= 0.3 is 0 Å². The zero-order valence-electron chi connectivity index (χ0n) is 11.6. The molecular weight excluding hydrogens is 226 g/mol. The zero-order valence-corrected chi connectivity index (χ0v) is 11.6. The van der Waals surface area contributed by atoms with Crippen molar-refractivity contribution in [1.82, 2.24) is 0 Å². The summed E-state index contributed by atoms with van der Waals surface area (Å²) in [7, 11) is 1.68. The Hall–Kier alpha value is -1.06. The number of rotatable bonds is 3. The molecule has 3 heteroatoms. The van der Waals surface area contributed by atoms with Crippen LogP contribution in [0.3, 0.4) is 0 Å². The van der Waals surface area contributed by atoms with E-state index in [-0.39, 0.29) is 18.2 Å². The van der Waals surface area contributed by atoms with Gasteiger partial charge in [-0.2, -0.15) is 0 Å². The maximum absolute atomic E-state index is 6.43. The van der Waals surface area contributed by atoms with Crippen LogP contribution in [0.2, 0.25) is 0 Å². The molecule has 0 saturated carbocycles. The number of hydrogen-bond donors (Lipinski definition) is 1. The van der Waals surface area contributed by atoms with Crippen LogP contribution in [0.1, 0.15) is 32.4 Å². The Morgan fingerprint density at radius 2 is 1.94 bits per heavy atom. The molecule has 2 rings (SSSR count). The third kappa shape index (κ3) is 2.38. The molecule has 0 spiro atoms. The molecule has 2 N–H and O–H groups in total. The lowest BCUT2D eigenvalue weighted by Gasteiger charge is -2.26. The Labute approximate surface area is 109 Å². The highest BCUT2D eigenvalue weighted by Crippen LogP contribution is 2.39. The largest absolute Gasteiger partial charge is 0.497 e. The second-order valence-electron chi connectivity index (χ2n) is 5.29. The summed E-state index contributed by atoms with van der Waals surface area (Å²) in [6.45, 7) is 6.46. The highest BCUT2D eigenvalue weighted by molar-refractivity contribution is 5.31. The van der Waals surface area contributed by atoms with Crippen LogP contribution in [-0.2, 0) is 4.74 Å². The predicted octanol–water partition coefficient (Wildman–Crippen LogP) is 2.75. The van der Waals surface area contributed by atoms with E-state index in [1.165, 1.54) is 0 Å². The van der Waals surface area contributed by atoms with Gasteiger partial charge in [0.25, 0.3) is 0 Å². The topological polar surface area (TPSA) is 44.5 Å². The van der Waals surface area contributed by atoms with Crippen molar-refractivity contribution < 1.29 is 9.47 Å². The van der Waals surface area contributed by atoms with Gasteiger partial charge in [0.15, 0.2) is 0 Å². The minimum Gasteiger partial charge on any atom is -0.497 e. The highest BCUT2D eigenvalue weighted by Gasteiger charge is 2.40. The maximum Gasteiger partial charge on any atom is 0.119 e. The van der Waals surface area contributed by atoms with Gasteiger partial charge in [0.05, 0.1) is 19.3 Å². The fourth-order valence-electron chi connectivity index (χ4n) is 2.98.